The maximum Gasteiger partial charge on any atom is 0.219 e. The van der Waals surface area contributed by atoms with Crippen molar-refractivity contribution in [2.24, 2.45) is 0 Å². The Hall–Kier alpha value is -0.878. The summed E-state index contributed by atoms with van der Waals surface area (Å²) in [7, 11) is 0. The molecule has 0 bridgehead atoms. The molecule has 2 aromatic carbocycles. The molecule has 0 N–H and O–H groups in total. The third kappa shape index (κ3) is 6.63. The van der Waals surface area contributed by atoms with E-state index in [4.69, 9.17) is 34.8 Å². The van der Waals surface area contributed by atoms with Gasteiger partial charge < -0.3 is 0 Å². The number of benzene rings is 2. The van der Waals surface area contributed by atoms with E-state index in [-0.39, 0.29) is 31.8 Å². The Morgan fingerprint density at radius 3 is 1.78 bits per heavy atom. The molecule has 0 saturated heterocycles. The van der Waals surface area contributed by atoms with Gasteiger partial charge in [0.1, 0.15) is 0 Å². The summed E-state index contributed by atoms with van der Waals surface area (Å²) in [6.07, 6.45) is 4.69. The van der Waals surface area contributed by atoms with E-state index in [1.165, 1.54) is 6.08 Å². The normalized spacial score (nSPS) is 12.0. The summed E-state index contributed by atoms with van der Waals surface area (Å²) >= 11 is 17.8. The Morgan fingerprint density at radius 2 is 1.30 bits per heavy atom. The summed E-state index contributed by atoms with van der Waals surface area (Å²) in [5.74, 6) is -0.340. The van der Waals surface area contributed by atoms with Gasteiger partial charge in [0.2, 0.25) is 3.79 Å². The van der Waals surface area contributed by atoms with Crippen LogP contribution in [0.1, 0.15) is 11.1 Å². The standard InChI is InChI=1S/C18H13Cl3O.Pd/c19-18(20,21)16(13-15-9-5-2-6-10-15)17(22)12-11-14-7-3-1-4-8-14;/h1-13H;. The number of allylic oxidation sites excluding steroid dienone is 2. The van der Waals surface area contributed by atoms with Crippen LogP contribution in [0.2, 0.25) is 0 Å². The first-order valence-electron chi connectivity index (χ1n) is 6.58. The predicted octanol–water partition coefficient (Wildman–Crippen LogP) is 5.72. The van der Waals surface area contributed by atoms with Gasteiger partial charge in [-0.25, -0.2) is 0 Å². The molecule has 0 atom stereocenters. The van der Waals surface area contributed by atoms with Crippen molar-refractivity contribution < 1.29 is 25.2 Å². The third-order valence-corrected chi connectivity index (χ3v) is 3.52. The van der Waals surface area contributed by atoms with Gasteiger partial charge >= 0.3 is 0 Å². The van der Waals surface area contributed by atoms with Gasteiger partial charge in [0.05, 0.1) is 5.57 Å². The van der Waals surface area contributed by atoms with Gasteiger partial charge in [0.25, 0.3) is 0 Å². The third-order valence-electron chi connectivity index (χ3n) is 2.91. The molecule has 0 aliphatic rings. The molecule has 0 aliphatic heterocycles. The SMILES string of the molecule is O=C(C=Cc1ccccc1)C(=Cc1ccccc1)C(Cl)(Cl)Cl.[Pd]. The maximum atomic E-state index is 12.4. The molecule has 23 heavy (non-hydrogen) atoms. The van der Waals surface area contributed by atoms with Crippen LogP contribution in [0.3, 0.4) is 0 Å². The Bertz CT molecular complexity index is 689. The zero-order valence-electron chi connectivity index (χ0n) is 11.9. The maximum absolute atomic E-state index is 12.4. The van der Waals surface area contributed by atoms with E-state index < -0.39 is 3.79 Å². The minimum atomic E-state index is -1.78. The molecule has 0 aromatic heterocycles. The number of carbonyl (C=O) groups is 1. The van der Waals surface area contributed by atoms with Crippen LogP contribution in [0.5, 0.6) is 0 Å². The molecular formula is C18H13Cl3OPd. The van der Waals surface area contributed by atoms with E-state index in [1.807, 2.05) is 60.7 Å². The van der Waals surface area contributed by atoms with Crippen LogP contribution in [-0.4, -0.2) is 9.58 Å². The average molecular weight is 458 g/mol. The van der Waals surface area contributed by atoms with Crippen LogP contribution in [0.15, 0.2) is 72.3 Å². The molecule has 1 nitrogen and oxygen atoms in total. The van der Waals surface area contributed by atoms with E-state index >= 15 is 0 Å². The van der Waals surface area contributed by atoms with Crippen LogP contribution in [0.4, 0.5) is 0 Å². The summed E-state index contributed by atoms with van der Waals surface area (Å²) in [5.41, 5.74) is 1.81. The van der Waals surface area contributed by atoms with E-state index in [0.717, 1.165) is 11.1 Å². The number of hydrogen-bond donors (Lipinski definition) is 0. The second-order valence-electron chi connectivity index (χ2n) is 4.57. The summed E-state index contributed by atoms with van der Waals surface area (Å²) in [6, 6.07) is 18.7. The van der Waals surface area contributed by atoms with Crippen molar-refractivity contribution in [2.75, 3.05) is 0 Å². The zero-order chi connectivity index (χ0) is 16.0. The van der Waals surface area contributed by atoms with Crippen LogP contribution < -0.4 is 0 Å². The van der Waals surface area contributed by atoms with Crippen molar-refractivity contribution in [3.8, 4) is 0 Å². The van der Waals surface area contributed by atoms with Crippen molar-refractivity contribution >= 4 is 52.7 Å². The molecule has 2 aromatic rings. The molecule has 2 rings (SSSR count). The van der Waals surface area contributed by atoms with Gasteiger partial charge in [-0.1, -0.05) is 102 Å². The monoisotopic (exact) mass is 456 g/mol. The fourth-order valence-corrected chi connectivity index (χ4v) is 2.28. The number of carbonyl (C=O) groups excluding carboxylic acids is 1. The molecule has 0 spiro atoms. The number of alkyl halides is 3. The largest absolute Gasteiger partial charge is 0.289 e. The van der Waals surface area contributed by atoms with Gasteiger partial charge in [-0.2, -0.15) is 0 Å². The topological polar surface area (TPSA) is 17.1 Å². The minimum Gasteiger partial charge on any atom is -0.289 e. The van der Waals surface area contributed by atoms with Gasteiger partial charge in [0, 0.05) is 20.4 Å². The fraction of sp³-hybridized carbons (Fsp3) is 0.0556. The van der Waals surface area contributed by atoms with E-state index in [0.29, 0.717) is 0 Å². The molecule has 122 valence electrons. The van der Waals surface area contributed by atoms with Crippen LogP contribution >= 0.6 is 34.8 Å². The molecular weight excluding hydrogens is 445 g/mol. The number of hydrogen-bond acceptors (Lipinski definition) is 1. The van der Waals surface area contributed by atoms with Crippen molar-refractivity contribution in [3.05, 3.63) is 83.4 Å². The smallest absolute Gasteiger partial charge is 0.219 e. The van der Waals surface area contributed by atoms with Gasteiger partial charge in [-0.05, 0) is 23.3 Å². The van der Waals surface area contributed by atoms with Crippen LogP contribution in [-0.2, 0) is 25.2 Å². The van der Waals surface area contributed by atoms with Crippen molar-refractivity contribution in [1.29, 1.82) is 0 Å². The molecule has 0 unspecified atom stereocenters. The van der Waals surface area contributed by atoms with Crippen LogP contribution in [0.25, 0.3) is 12.2 Å². The Morgan fingerprint density at radius 1 is 0.826 bits per heavy atom. The molecule has 0 radical (unpaired) electrons. The molecule has 0 fully saturated rings. The van der Waals surface area contributed by atoms with Crippen molar-refractivity contribution in [2.45, 2.75) is 3.79 Å². The zero-order valence-corrected chi connectivity index (χ0v) is 15.7. The first-order valence-corrected chi connectivity index (χ1v) is 7.71. The summed E-state index contributed by atoms with van der Waals surface area (Å²) in [6.45, 7) is 0. The Balaban J connectivity index is 0.00000264. The minimum absolute atomic E-state index is 0. The summed E-state index contributed by atoms with van der Waals surface area (Å²) in [4.78, 5) is 12.4. The first kappa shape index (κ1) is 20.2. The molecule has 0 aliphatic carbocycles. The van der Waals surface area contributed by atoms with E-state index in [2.05, 4.69) is 0 Å². The van der Waals surface area contributed by atoms with E-state index in [1.54, 1.807) is 12.2 Å². The molecule has 0 heterocycles. The van der Waals surface area contributed by atoms with E-state index in [9.17, 15) is 4.79 Å². The summed E-state index contributed by atoms with van der Waals surface area (Å²) in [5, 5.41) is 0. The van der Waals surface area contributed by atoms with Crippen molar-refractivity contribution in [3.63, 3.8) is 0 Å². The average Bonchev–Trinajstić information content (AvgIpc) is 2.51. The Labute approximate surface area is 164 Å². The number of rotatable bonds is 4. The number of ketones is 1. The van der Waals surface area contributed by atoms with Gasteiger partial charge in [-0.3, -0.25) is 4.79 Å². The number of halogens is 3. The Kier molecular flexibility index (Phi) is 8.27. The van der Waals surface area contributed by atoms with Gasteiger partial charge in [0.15, 0.2) is 5.78 Å². The fourth-order valence-electron chi connectivity index (χ4n) is 1.83. The molecule has 0 saturated carbocycles. The second kappa shape index (κ2) is 9.43. The first-order chi connectivity index (χ1) is 10.5. The molecule has 0 amide bonds. The van der Waals surface area contributed by atoms with Crippen LogP contribution in [0, 0.1) is 0 Å². The summed E-state index contributed by atoms with van der Waals surface area (Å²) < 4.78 is -1.78. The van der Waals surface area contributed by atoms with Crippen molar-refractivity contribution in [1.82, 2.24) is 0 Å². The van der Waals surface area contributed by atoms with Gasteiger partial charge in [-0.15, -0.1) is 0 Å². The predicted molar refractivity (Wildman–Crippen MR) is 95.2 cm³/mol. The molecule has 5 heteroatoms. The second-order valence-corrected chi connectivity index (χ2v) is 6.86. The quantitative estimate of drug-likeness (QED) is 0.326.